The number of nitrogens with one attached hydrogen (secondary N) is 1. The summed E-state index contributed by atoms with van der Waals surface area (Å²) in [5.41, 5.74) is 3.84. The van der Waals surface area contributed by atoms with Gasteiger partial charge in [0.2, 0.25) is 5.91 Å². The largest absolute Gasteiger partial charge is 0.385 e. The van der Waals surface area contributed by atoms with Crippen molar-refractivity contribution in [3.63, 3.8) is 0 Å². The van der Waals surface area contributed by atoms with Crippen LogP contribution in [-0.2, 0) is 16.1 Å². The second-order valence-corrected chi connectivity index (χ2v) is 8.35. The van der Waals surface area contributed by atoms with E-state index in [0.717, 1.165) is 28.8 Å². The fourth-order valence-corrected chi connectivity index (χ4v) is 4.16. The van der Waals surface area contributed by atoms with Gasteiger partial charge in [-0.2, -0.15) is 0 Å². The number of halogens is 1. The lowest BCUT2D eigenvalue weighted by molar-refractivity contribution is -0.113. The van der Waals surface area contributed by atoms with Crippen molar-refractivity contribution < 1.29 is 9.53 Å². The number of carbonyl (C=O) groups is 1. The van der Waals surface area contributed by atoms with Gasteiger partial charge in [0.05, 0.1) is 10.8 Å². The van der Waals surface area contributed by atoms with Crippen LogP contribution in [0.5, 0.6) is 0 Å². The van der Waals surface area contributed by atoms with Crippen LogP contribution in [0.25, 0.3) is 11.4 Å². The molecule has 158 valence electrons. The first-order chi connectivity index (χ1) is 14.5. The van der Waals surface area contributed by atoms with Crippen LogP contribution in [0.3, 0.4) is 0 Å². The quantitative estimate of drug-likeness (QED) is 0.372. The normalized spacial score (nSPS) is 10.9. The molecule has 0 saturated heterocycles. The molecule has 3 aromatic rings. The predicted octanol–water partition coefficient (Wildman–Crippen LogP) is 4.98. The summed E-state index contributed by atoms with van der Waals surface area (Å²) in [6, 6.07) is 13.5. The first-order valence-electron chi connectivity index (χ1n) is 9.66. The van der Waals surface area contributed by atoms with Crippen molar-refractivity contribution in [1.82, 2.24) is 14.8 Å². The number of aromatic nitrogens is 3. The van der Waals surface area contributed by atoms with Gasteiger partial charge in [0.25, 0.3) is 0 Å². The van der Waals surface area contributed by atoms with Crippen molar-refractivity contribution in [2.75, 3.05) is 24.8 Å². The van der Waals surface area contributed by atoms with E-state index in [1.807, 2.05) is 54.8 Å². The van der Waals surface area contributed by atoms with Gasteiger partial charge in [-0.1, -0.05) is 41.6 Å². The number of hydrogen-bond donors (Lipinski definition) is 1. The number of rotatable bonds is 9. The van der Waals surface area contributed by atoms with Crippen LogP contribution < -0.4 is 5.32 Å². The molecule has 6 nitrogen and oxygen atoms in total. The van der Waals surface area contributed by atoms with E-state index in [1.165, 1.54) is 11.8 Å². The Bertz CT molecular complexity index is 1000. The van der Waals surface area contributed by atoms with Gasteiger partial charge in [0.15, 0.2) is 11.0 Å². The number of anilines is 1. The van der Waals surface area contributed by atoms with Gasteiger partial charge in [-0.15, -0.1) is 10.2 Å². The third-order valence-electron chi connectivity index (χ3n) is 4.40. The molecular formula is C22H25ClN4O2S. The van der Waals surface area contributed by atoms with E-state index in [2.05, 4.69) is 21.6 Å². The summed E-state index contributed by atoms with van der Waals surface area (Å²) >= 11 is 7.72. The van der Waals surface area contributed by atoms with E-state index >= 15 is 0 Å². The number of benzene rings is 2. The SMILES string of the molecule is COCCCn1c(SCC(=O)Nc2cc(C)cc(C)c2)nnc1-c1ccccc1Cl. The number of carbonyl (C=O) groups excluding carboxylic acids is 1. The lowest BCUT2D eigenvalue weighted by Crippen LogP contribution is -2.15. The Balaban J connectivity index is 1.74. The van der Waals surface area contributed by atoms with E-state index in [-0.39, 0.29) is 11.7 Å². The third-order valence-corrected chi connectivity index (χ3v) is 5.70. The molecule has 0 spiro atoms. The topological polar surface area (TPSA) is 69.0 Å². The molecule has 0 bridgehead atoms. The van der Waals surface area contributed by atoms with Crippen molar-refractivity contribution in [2.45, 2.75) is 32.0 Å². The molecule has 0 unspecified atom stereocenters. The lowest BCUT2D eigenvalue weighted by Gasteiger charge is -2.11. The van der Waals surface area contributed by atoms with Crippen molar-refractivity contribution in [2.24, 2.45) is 0 Å². The molecule has 1 amide bonds. The summed E-state index contributed by atoms with van der Waals surface area (Å²) in [6.45, 7) is 5.31. The highest BCUT2D eigenvalue weighted by molar-refractivity contribution is 7.99. The number of methoxy groups -OCH3 is 1. The number of ether oxygens (including phenoxy) is 1. The highest BCUT2D eigenvalue weighted by atomic mass is 35.5. The highest BCUT2D eigenvalue weighted by Gasteiger charge is 2.17. The molecule has 3 rings (SSSR count). The van der Waals surface area contributed by atoms with Crippen LogP contribution in [0.1, 0.15) is 17.5 Å². The Labute approximate surface area is 186 Å². The summed E-state index contributed by atoms with van der Waals surface area (Å²) < 4.78 is 7.18. The number of aryl methyl sites for hydroxylation is 2. The molecule has 1 heterocycles. The number of nitrogens with zero attached hydrogens (tertiary/aromatic N) is 3. The van der Waals surface area contributed by atoms with Crippen molar-refractivity contribution in [1.29, 1.82) is 0 Å². The van der Waals surface area contributed by atoms with Crippen LogP contribution in [0.4, 0.5) is 5.69 Å². The molecule has 0 aliphatic rings. The van der Waals surface area contributed by atoms with Gasteiger partial charge in [-0.05, 0) is 55.7 Å². The number of hydrogen-bond acceptors (Lipinski definition) is 5. The minimum Gasteiger partial charge on any atom is -0.385 e. The molecule has 0 atom stereocenters. The molecule has 30 heavy (non-hydrogen) atoms. The van der Waals surface area contributed by atoms with Crippen LogP contribution in [-0.4, -0.2) is 40.1 Å². The Kier molecular flexibility index (Phi) is 7.90. The molecule has 1 N–H and O–H groups in total. The molecule has 0 fully saturated rings. The molecule has 0 saturated carbocycles. The minimum absolute atomic E-state index is 0.0873. The Morgan fingerprint density at radius 2 is 1.90 bits per heavy atom. The molecule has 2 aromatic carbocycles. The first kappa shape index (κ1) is 22.3. The van der Waals surface area contributed by atoms with E-state index < -0.39 is 0 Å². The average molecular weight is 445 g/mol. The summed E-state index contributed by atoms with van der Waals surface area (Å²) in [4.78, 5) is 12.5. The van der Waals surface area contributed by atoms with Crippen molar-refractivity contribution >= 4 is 35.0 Å². The Hall–Kier alpha value is -2.35. The van der Waals surface area contributed by atoms with E-state index in [4.69, 9.17) is 16.3 Å². The highest BCUT2D eigenvalue weighted by Crippen LogP contribution is 2.29. The summed E-state index contributed by atoms with van der Waals surface area (Å²) in [5.74, 6) is 0.836. The minimum atomic E-state index is -0.0873. The van der Waals surface area contributed by atoms with Crippen LogP contribution in [0, 0.1) is 13.8 Å². The predicted molar refractivity (Wildman–Crippen MR) is 122 cm³/mol. The fourth-order valence-electron chi connectivity index (χ4n) is 3.18. The molecule has 8 heteroatoms. The summed E-state index contributed by atoms with van der Waals surface area (Å²) in [5, 5.41) is 12.9. The Morgan fingerprint density at radius 1 is 1.17 bits per heavy atom. The van der Waals surface area contributed by atoms with Crippen molar-refractivity contribution in [3.8, 4) is 11.4 Å². The number of amides is 1. The maximum atomic E-state index is 12.5. The lowest BCUT2D eigenvalue weighted by atomic mass is 10.1. The van der Waals surface area contributed by atoms with Crippen LogP contribution in [0.15, 0.2) is 47.6 Å². The zero-order valence-electron chi connectivity index (χ0n) is 17.3. The molecule has 0 aliphatic heterocycles. The zero-order valence-corrected chi connectivity index (χ0v) is 18.9. The molecule has 1 aromatic heterocycles. The van der Waals surface area contributed by atoms with Crippen LogP contribution in [0.2, 0.25) is 5.02 Å². The fraction of sp³-hybridized carbons (Fsp3) is 0.318. The monoisotopic (exact) mass is 444 g/mol. The molecular weight excluding hydrogens is 420 g/mol. The zero-order chi connectivity index (χ0) is 21.5. The van der Waals surface area contributed by atoms with Gasteiger partial charge in [-0.25, -0.2) is 0 Å². The summed E-state index contributed by atoms with van der Waals surface area (Å²) in [6.07, 6.45) is 0.800. The van der Waals surface area contributed by atoms with Gasteiger partial charge in [0, 0.05) is 31.5 Å². The van der Waals surface area contributed by atoms with E-state index in [9.17, 15) is 4.79 Å². The van der Waals surface area contributed by atoms with Gasteiger partial charge in [-0.3, -0.25) is 4.79 Å². The maximum Gasteiger partial charge on any atom is 0.234 e. The Morgan fingerprint density at radius 3 is 2.60 bits per heavy atom. The summed E-state index contributed by atoms with van der Waals surface area (Å²) in [7, 11) is 1.67. The maximum absolute atomic E-state index is 12.5. The average Bonchev–Trinajstić information content (AvgIpc) is 3.09. The second kappa shape index (κ2) is 10.6. The van der Waals surface area contributed by atoms with Crippen LogP contribution >= 0.6 is 23.4 Å². The number of thioether (sulfide) groups is 1. The first-order valence-corrected chi connectivity index (χ1v) is 11.0. The smallest absolute Gasteiger partial charge is 0.234 e. The second-order valence-electron chi connectivity index (χ2n) is 7.00. The van der Waals surface area contributed by atoms with Crippen molar-refractivity contribution in [3.05, 3.63) is 58.6 Å². The van der Waals surface area contributed by atoms with E-state index in [0.29, 0.717) is 29.2 Å². The van der Waals surface area contributed by atoms with E-state index in [1.54, 1.807) is 7.11 Å². The van der Waals surface area contributed by atoms with Gasteiger partial charge >= 0.3 is 0 Å². The molecule has 0 aliphatic carbocycles. The molecule has 0 radical (unpaired) electrons. The van der Waals surface area contributed by atoms with Gasteiger partial charge < -0.3 is 14.6 Å². The standard InChI is InChI=1S/C22H25ClN4O2S/c1-15-11-16(2)13-17(12-15)24-20(28)14-30-22-26-25-21(27(22)9-6-10-29-3)18-7-4-5-8-19(18)23/h4-5,7-8,11-13H,6,9-10,14H2,1-3H3,(H,24,28). The third kappa shape index (κ3) is 5.84. The van der Waals surface area contributed by atoms with Gasteiger partial charge in [0.1, 0.15) is 0 Å².